The van der Waals surface area contributed by atoms with Crippen LogP contribution in [0.3, 0.4) is 0 Å². The van der Waals surface area contributed by atoms with E-state index < -0.39 is 17.7 Å². The summed E-state index contributed by atoms with van der Waals surface area (Å²) in [6.45, 7) is 11.8. The Labute approximate surface area is 143 Å². The average molecular weight is 339 g/mol. The summed E-state index contributed by atoms with van der Waals surface area (Å²) >= 11 is 0. The van der Waals surface area contributed by atoms with Gasteiger partial charge < -0.3 is 20.1 Å². The predicted molar refractivity (Wildman–Crippen MR) is 92.8 cm³/mol. The van der Waals surface area contributed by atoms with E-state index >= 15 is 0 Å². The number of hydrogen-bond donors (Lipinski definition) is 1. The van der Waals surface area contributed by atoms with Gasteiger partial charge in [0.25, 0.3) is 0 Å². The van der Waals surface area contributed by atoms with Crippen LogP contribution < -0.4 is 5.73 Å². The van der Waals surface area contributed by atoms with Gasteiger partial charge in [-0.15, -0.1) is 0 Å². The van der Waals surface area contributed by atoms with Crippen LogP contribution in [0.2, 0.25) is 0 Å². The molecule has 0 aromatic rings. The first-order chi connectivity index (χ1) is 11.0. The highest BCUT2D eigenvalue weighted by molar-refractivity contribution is 6.43. The molecule has 0 aromatic carbocycles. The second kappa shape index (κ2) is 8.17. The molecule has 0 saturated heterocycles. The van der Waals surface area contributed by atoms with Crippen LogP contribution in [0.25, 0.3) is 0 Å². The fraction of sp³-hybridized carbons (Fsp3) is 0.706. The number of hydrogen-bond acceptors (Lipinski definition) is 6. The third-order valence-corrected chi connectivity index (χ3v) is 3.18. The highest BCUT2D eigenvalue weighted by Crippen LogP contribution is 2.20. The van der Waals surface area contributed by atoms with E-state index in [1.807, 2.05) is 34.6 Å². The Morgan fingerprint density at radius 2 is 1.96 bits per heavy atom. The van der Waals surface area contributed by atoms with Gasteiger partial charge in [-0.3, -0.25) is 4.99 Å². The van der Waals surface area contributed by atoms with Crippen molar-refractivity contribution in [2.24, 2.45) is 10.7 Å². The molecule has 0 bridgehead atoms. The van der Waals surface area contributed by atoms with Gasteiger partial charge >= 0.3 is 12.1 Å². The summed E-state index contributed by atoms with van der Waals surface area (Å²) in [7, 11) is 0. The van der Waals surface area contributed by atoms with Crippen LogP contribution in [0, 0.1) is 0 Å². The summed E-state index contributed by atoms with van der Waals surface area (Å²) in [5.74, 6) is -0.518. The maximum atomic E-state index is 12.3. The lowest BCUT2D eigenvalue weighted by atomic mass is 10.0. The Morgan fingerprint density at radius 3 is 2.46 bits per heavy atom. The Morgan fingerprint density at radius 1 is 1.33 bits per heavy atom. The lowest BCUT2D eigenvalue weighted by Gasteiger charge is -2.31. The molecule has 0 aliphatic carbocycles. The van der Waals surface area contributed by atoms with Gasteiger partial charge in [-0.2, -0.15) is 0 Å². The number of aliphatic imine (C=N–C) groups is 1. The maximum Gasteiger partial charge on any atom is 0.410 e. The van der Waals surface area contributed by atoms with Crippen molar-refractivity contribution in [2.75, 3.05) is 19.7 Å². The van der Waals surface area contributed by atoms with Crippen molar-refractivity contribution >= 4 is 17.8 Å². The van der Waals surface area contributed by atoms with Gasteiger partial charge in [-0.1, -0.05) is 0 Å². The molecule has 1 rings (SSSR count). The Bertz CT molecular complexity index is 545. The zero-order chi connectivity index (χ0) is 18.5. The molecule has 1 heterocycles. The molecule has 0 fully saturated rings. The van der Waals surface area contributed by atoms with Gasteiger partial charge in [0.05, 0.1) is 13.2 Å². The fourth-order valence-corrected chi connectivity index (χ4v) is 2.20. The molecule has 7 heteroatoms. The van der Waals surface area contributed by atoms with E-state index in [-0.39, 0.29) is 24.9 Å². The summed E-state index contributed by atoms with van der Waals surface area (Å²) in [6, 6.07) is -0.0957. The minimum absolute atomic E-state index is 0.0957. The van der Waals surface area contributed by atoms with Crippen molar-refractivity contribution in [3.63, 3.8) is 0 Å². The maximum absolute atomic E-state index is 12.3. The first kappa shape index (κ1) is 20.0. The lowest BCUT2D eigenvalue weighted by molar-refractivity contribution is -0.135. The summed E-state index contributed by atoms with van der Waals surface area (Å²) in [5.41, 5.74) is 6.80. The number of carbonyl (C=O) groups is 2. The first-order valence-electron chi connectivity index (χ1n) is 8.25. The third-order valence-electron chi connectivity index (χ3n) is 3.18. The molecular formula is C17H29N3O4. The zero-order valence-electron chi connectivity index (χ0n) is 15.5. The van der Waals surface area contributed by atoms with Crippen LogP contribution in [0.4, 0.5) is 4.79 Å². The molecule has 0 atom stereocenters. The number of amides is 1. The highest BCUT2D eigenvalue weighted by Gasteiger charge is 2.30. The van der Waals surface area contributed by atoms with E-state index in [0.29, 0.717) is 24.2 Å². The van der Waals surface area contributed by atoms with Crippen LogP contribution in [0.15, 0.2) is 16.3 Å². The molecule has 2 N–H and O–H groups in total. The predicted octanol–water partition coefficient (Wildman–Crippen LogP) is 2.25. The molecule has 1 amide bonds. The normalized spacial score (nSPS) is 16.5. The largest absolute Gasteiger partial charge is 0.461 e. The number of nitrogens with zero attached hydrogens (tertiary/aromatic N) is 2. The number of ether oxygens (including phenoxy) is 2. The van der Waals surface area contributed by atoms with Crippen LogP contribution >= 0.6 is 0 Å². The van der Waals surface area contributed by atoms with Crippen molar-refractivity contribution in [1.29, 1.82) is 0 Å². The Balaban J connectivity index is 3.06. The van der Waals surface area contributed by atoms with Crippen molar-refractivity contribution in [1.82, 2.24) is 4.90 Å². The van der Waals surface area contributed by atoms with E-state index in [1.54, 1.807) is 6.92 Å². The summed E-state index contributed by atoms with van der Waals surface area (Å²) in [4.78, 5) is 30.4. The molecule has 1 aliphatic heterocycles. The van der Waals surface area contributed by atoms with Crippen molar-refractivity contribution < 1.29 is 19.1 Å². The van der Waals surface area contributed by atoms with Crippen LogP contribution in [0.5, 0.6) is 0 Å². The van der Waals surface area contributed by atoms with Crippen LogP contribution in [0.1, 0.15) is 48.0 Å². The van der Waals surface area contributed by atoms with Crippen LogP contribution in [-0.2, 0) is 14.3 Å². The van der Waals surface area contributed by atoms with E-state index in [0.717, 1.165) is 0 Å². The minimum Gasteiger partial charge on any atom is -0.461 e. The fourth-order valence-electron chi connectivity index (χ4n) is 2.20. The number of carbonyl (C=O) groups excluding carboxylic acids is 2. The van der Waals surface area contributed by atoms with Gasteiger partial charge in [-0.25, -0.2) is 9.59 Å². The standard InChI is InChI=1S/C17H29N3O4/c1-7-23-15(21)14(19-11(2)3)12-10-20(9-8-13(12)18)16(22)24-17(4,5)6/h11H,7-10,18H2,1-6H3. The number of rotatable bonds is 4. The first-order valence-corrected chi connectivity index (χ1v) is 8.25. The molecule has 0 aromatic heterocycles. The average Bonchev–Trinajstić information content (AvgIpc) is 2.43. The quantitative estimate of drug-likeness (QED) is 0.626. The topological polar surface area (TPSA) is 94.2 Å². The monoisotopic (exact) mass is 339 g/mol. The number of nitrogens with two attached hydrogens (primary N) is 1. The van der Waals surface area contributed by atoms with Gasteiger partial charge in [0.2, 0.25) is 0 Å². The Hall–Kier alpha value is -2.05. The molecular weight excluding hydrogens is 310 g/mol. The minimum atomic E-state index is -0.583. The zero-order valence-corrected chi connectivity index (χ0v) is 15.5. The molecule has 0 unspecified atom stereocenters. The van der Waals surface area contributed by atoms with E-state index in [4.69, 9.17) is 15.2 Å². The van der Waals surface area contributed by atoms with Crippen molar-refractivity contribution in [3.8, 4) is 0 Å². The number of esters is 1. The third kappa shape index (κ3) is 5.86. The summed E-state index contributed by atoms with van der Waals surface area (Å²) in [6.07, 6.45) is 0.0331. The van der Waals surface area contributed by atoms with Gasteiger partial charge in [0.1, 0.15) is 11.3 Å². The van der Waals surface area contributed by atoms with Gasteiger partial charge in [0, 0.05) is 30.3 Å². The van der Waals surface area contributed by atoms with E-state index in [1.165, 1.54) is 4.90 Å². The second-order valence-corrected chi connectivity index (χ2v) is 6.95. The van der Waals surface area contributed by atoms with Gasteiger partial charge in [0.15, 0.2) is 0 Å². The molecule has 0 radical (unpaired) electrons. The van der Waals surface area contributed by atoms with Crippen LogP contribution in [-0.4, -0.2) is 54.0 Å². The SMILES string of the molecule is CCOC(=O)C(=NC(C)C)C1=C(N)CCN(C(=O)OC(C)(C)C)C1. The van der Waals surface area contributed by atoms with E-state index in [9.17, 15) is 9.59 Å². The molecule has 0 spiro atoms. The molecule has 24 heavy (non-hydrogen) atoms. The second-order valence-electron chi connectivity index (χ2n) is 6.95. The summed E-state index contributed by atoms with van der Waals surface area (Å²) in [5, 5.41) is 0. The van der Waals surface area contributed by atoms with Gasteiger partial charge in [-0.05, 0) is 41.5 Å². The molecule has 7 nitrogen and oxygen atoms in total. The smallest absolute Gasteiger partial charge is 0.410 e. The van der Waals surface area contributed by atoms with Crippen molar-refractivity contribution in [2.45, 2.75) is 59.6 Å². The molecule has 1 aliphatic rings. The van der Waals surface area contributed by atoms with E-state index in [2.05, 4.69) is 4.99 Å². The lowest BCUT2D eigenvalue weighted by Crippen LogP contribution is -2.44. The highest BCUT2D eigenvalue weighted by atomic mass is 16.6. The molecule has 0 saturated carbocycles. The van der Waals surface area contributed by atoms with Crippen molar-refractivity contribution in [3.05, 3.63) is 11.3 Å². The summed E-state index contributed by atoms with van der Waals surface area (Å²) < 4.78 is 10.5. The molecule has 136 valence electrons. The Kier molecular flexibility index (Phi) is 6.81.